The van der Waals surface area contributed by atoms with Gasteiger partial charge in [-0.25, -0.2) is 0 Å². The van der Waals surface area contributed by atoms with Crippen LogP contribution in [-0.2, 0) is 4.74 Å². The van der Waals surface area contributed by atoms with Crippen LogP contribution >= 0.6 is 0 Å². The number of phenols is 2. The molecule has 2 heterocycles. The van der Waals surface area contributed by atoms with E-state index in [1.165, 1.54) is 30.5 Å². The Balaban J connectivity index is 1.87. The van der Waals surface area contributed by atoms with Gasteiger partial charge < -0.3 is 39.8 Å². The van der Waals surface area contributed by atoms with E-state index in [0.717, 1.165) is 0 Å². The molecule has 30 heavy (non-hydrogen) atoms. The molecule has 4 rings (SSSR count). The Bertz CT molecular complexity index is 1120. The number of hydrogen-bond acceptors (Lipinski definition) is 9. The molecule has 5 atom stereocenters. The van der Waals surface area contributed by atoms with Crippen molar-refractivity contribution in [3.8, 4) is 22.6 Å². The summed E-state index contributed by atoms with van der Waals surface area (Å²) < 4.78 is 11.1. The van der Waals surface area contributed by atoms with Gasteiger partial charge in [-0.05, 0) is 29.8 Å². The van der Waals surface area contributed by atoms with Gasteiger partial charge in [0.15, 0.2) is 0 Å². The molecule has 0 amide bonds. The molecular weight excluding hydrogens is 396 g/mol. The van der Waals surface area contributed by atoms with Crippen molar-refractivity contribution in [2.45, 2.75) is 30.5 Å². The van der Waals surface area contributed by atoms with Crippen molar-refractivity contribution in [1.29, 1.82) is 0 Å². The van der Waals surface area contributed by atoms with Crippen LogP contribution in [0.15, 0.2) is 51.9 Å². The zero-order chi connectivity index (χ0) is 21.6. The number of aliphatic hydroxyl groups excluding tert-OH is 4. The Morgan fingerprint density at radius 3 is 2.27 bits per heavy atom. The molecule has 9 heteroatoms. The maximum Gasteiger partial charge on any atom is 0.200 e. The Morgan fingerprint density at radius 2 is 1.60 bits per heavy atom. The monoisotopic (exact) mass is 416 g/mol. The molecule has 1 aliphatic rings. The smallest absolute Gasteiger partial charge is 0.200 e. The molecule has 1 aliphatic heterocycles. The first-order chi connectivity index (χ1) is 14.3. The third-order valence-electron chi connectivity index (χ3n) is 5.31. The predicted molar refractivity (Wildman–Crippen MR) is 104 cm³/mol. The first-order valence-corrected chi connectivity index (χ1v) is 9.20. The van der Waals surface area contributed by atoms with E-state index >= 15 is 0 Å². The zero-order valence-corrected chi connectivity index (χ0v) is 15.5. The van der Waals surface area contributed by atoms with Gasteiger partial charge in [-0.2, -0.15) is 0 Å². The standard InChI is InChI=1S/C21H20O9/c22-7-14-17(26)18(27)19(28)21(30-14)15-13(24)6-5-11-16(25)12(8-29-20(11)15)9-1-3-10(23)4-2-9/h1-6,8,14,17-19,21-24,26-28H,7H2/t14-,17-,18-,19-,21-/m1/s1. The van der Waals surface area contributed by atoms with Crippen molar-refractivity contribution in [3.63, 3.8) is 0 Å². The molecule has 6 N–H and O–H groups in total. The molecule has 0 radical (unpaired) electrons. The van der Waals surface area contributed by atoms with E-state index in [9.17, 15) is 35.4 Å². The van der Waals surface area contributed by atoms with E-state index in [4.69, 9.17) is 9.15 Å². The summed E-state index contributed by atoms with van der Waals surface area (Å²) in [4.78, 5) is 13.0. The highest BCUT2D eigenvalue weighted by Crippen LogP contribution is 2.40. The van der Waals surface area contributed by atoms with Crippen LogP contribution in [0, 0.1) is 0 Å². The van der Waals surface area contributed by atoms with Gasteiger partial charge in [0, 0.05) is 0 Å². The first-order valence-electron chi connectivity index (χ1n) is 9.20. The van der Waals surface area contributed by atoms with Crippen LogP contribution in [0.2, 0.25) is 0 Å². The average Bonchev–Trinajstić information content (AvgIpc) is 2.74. The van der Waals surface area contributed by atoms with Crippen LogP contribution in [0.3, 0.4) is 0 Å². The van der Waals surface area contributed by atoms with Crippen molar-refractivity contribution < 1.29 is 39.8 Å². The largest absolute Gasteiger partial charge is 0.508 e. The van der Waals surface area contributed by atoms with Crippen LogP contribution in [0.1, 0.15) is 11.7 Å². The van der Waals surface area contributed by atoms with Crippen LogP contribution in [0.5, 0.6) is 11.5 Å². The van der Waals surface area contributed by atoms with Crippen molar-refractivity contribution in [2.24, 2.45) is 0 Å². The van der Waals surface area contributed by atoms with Crippen LogP contribution < -0.4 is 5.43 Å². The maximum absolute atomic E-state index is 13.0. The lowest BCUT2D eigenvalue weighted by atomic mass is 9.89. The van der Waals surface area contributed by atoms with Crippen LogP contribution in [0.4, 0.5) is 0 Å². The number of hydrogen-bond donors (Lipinski definition) is 6. The van der Waals surface area contributed by atoms with E-state index in [2.05, 4.69) is 0 Å². The third-order valence-corrected chi connectivity index (χ3v) is 5.31. The summed E-state index contributed by atoms with van der Waals surface area (Å²) in [7, 11) is 0. The summed E-state index contributed by atoms with van der Waals surface area (Å²) in [6.45, 7) is -0.637. The maximum atomic E-state index is 13.0. The number of aliphatic hydroxyl groups is 4. The van der Waals surface area contributed by atoms with Gasteiger partial charge in [0.25, 0.3) is 0 Å². The highest BCUT2D eigenvalue weighted by atomic mass is 16.5. The lowest BCUT2D eigenvalue weighted by Crippen LogP contribution is -2.55. The van der Waals surface area contributed by atoms with Crippen LogP contribution in [0.25, 0.3) is 22.1 Å². The van der Waals surface area contributed by atoms with E-state index in [1.54, 1.807) is 12.1 Å². The van der Waals surface area contributed by atoms with E-state index in [1.807, 2.05) is 0 Å². The summed E-state index contributed by atoms with van der Waals surface area (Å²) >= 11 is 0. The van der Waals surface area contributed by atoms with Gasteiger partial charge in [-0.15, -0.1) is 0 Å². The van der Waals surface area contributed by atoms with Gasteiger partial charge >= 0.3 is 0 Å². The second kappa shape index (κ2) is 7.71. The number of rotatable bonds is 3. The van der Waals surface area contributed by atoms with Gasteiger partial charge in [-0.3, -0.25) is 4.79 Å². The Kier molecular flexibility index (Phi) is 5.22. The minimum atomic E-state index is -1.65. The zero-order valence-electron chi connectivity index (χ0n) is 15.5. The minimum absolute atomic E-state index is 0.0405. The summed E-state index contributed by atoms with van der Waals surface area (Å²) in [6.07, 6.45) is -6.24. The second-order valence-corrected chi connectivity index (χ2v) is 7.15. The topological polar surface area (TPSA) is 161 Å². The Hall–Kier alpha value is -2.95. The molecule has 158 valence electrons. The van der Waals surface area contributed by atoms with Crippen molar-refractivity contribution in [2.75, 3.05) is 6.61 Å². The fourth-order valence-electron chi connectivity index (χ4n) is 3.67. The number of ether oxygens (including phenoxy) is 1. The molecule has 9 nitrogen and oxygen atoms in total. The lowest BCUT2D eigenvalue weighted by Gasteiger charge is -2.40. The molecule has 0 saturated carbocycles. The number of benzene rings is 2. The molecule has 0 unspecified atom stereocenters. The molecule has 0 aliphatic carbocycles. The van der Waals surface area contributed by atoms with E-state index in [0.29, 0.717) is 5.56 Å². The Labute approximate surface area is 169 Å². The van der Waals surface area contributed by atoms with Gasteiger partial charge in [0.2, 0.25) is 5.43 Å². The highest BCUT2D eigenvalue weighted by Gasteiger charge is 2.45. The SMILES string of the molecule is O=c1c(-c2ccc(O)cc2)coc2c([C@H]3O[C@H](CO)[C@@H](O)[C@@H](O)[C@H]3O)c(O)ccc12. The Morgan fingerprint density at radius 1 is 0.900 bits per heavy atom. The molecule has 0 spiro atoms. The number of aromatic hydroxyl groups is 2. The minimum Gasteiger partial charge on any atom is -0.508 e. The van der Waals surface area contributed by atoms with Gasteiger partial charge in [-0.1, -0.05) is 12.1 Å². The predicted octanol–water partition coefficient (Wildman–Crippen LogP) is 0.386. The molecule has 0 bridgehead atoms. The summed E-state index contributed by atoms with van der Waals surface area (Å²) in [5.41, 5.74) is 0.150. The van der Waals surface area contributed by atoms with Gasteiger partial charge in [0.1, 0.15) is 53.9 Å². The van der Waals surface area contributed by atoms with E-state index < -0.39 is 42.6 Å². The molecular formula is C21H20O9. The van der Waals surface area contributed by atoms with Crippen molar-refractivity contribution in [1.82, 2.24) is 0 Å². The fourth-order valence-corrected chi connectivity index (χ4v) is 3.67. The molecule has 2 aromatic carbocycles. The fraction of sp³-hybridized carbons (Fsp3) is 0.286. The molecule has 1 saturated heterocycles. The third kappa shape index (κ3) is 3.22. The number of fused-ring (bicyclic) bond motifs is 1. The second-order valence-electron chi connectivity index (χ2n) is 7.15. The summed E-state index contributed by atoms with van der Waals surface area (Å²) in [5.74, 6) is -0.314. The van der Waals surface area contributed by atoms with Crippen molar-refractivity contribution in [3.05, 3.63) is 58.4 Å². The summed E-state index contributed by atoms with van der Waals surface area (Å²) in [5, 5.41) is 59.8. The van der Waals surface area contributed by atoms with Gasteiger partial charge in [0.05, 0.1) is 23.1 Å². The quantitative estimate of drug-likeness (QED) is 0.355. The molecule has 1 fully saturated rings. The molecule has 1 aromatic heterocycles. The lowest BCUT2D eigenvalue weighted by molar-refractivity contribution is -0.231. The first kappa shape index (κ1) is 20.3. The summed E-state index contributed by atoms with van der Waals surface area (Å²) in [6, 6.07) is 8.54. The normalized spacial score (nSPS) is 26.7. The number of phenolic OH excluding ortho intramolecular Hbond substituents is 2. The average molecular weight is 416 g/mol. The van der Waals surface area contributed by atoms with Crippen LogP contribution in [-0.4, -0.2) is 61.7 Å². The highest BCUT2D eigenvalue weighted by molar-refractivity contribution is 5.86. The van der Waals surface area contributed by atoms with Crippen molar-refractivity contribution >= 4 is 11.0 Å². The van der Waals surface area contributed by atoms with E-state index in [-0.39, 0.29) is 33.6 Å². The molecule has 3 aromatic rings.